The number of sulfonamides is 1. The topological polar surface area (TPSA) is 66.7 Å². The normalized spacial score (nSPS) is 17.3. The van der Waals surface area contributed by atoms with Gasteiger partial charge in [-0.2, -0.15) is 4.31 Å². The fraction of sp³-hybridized carbons (Fsp3) is 0.400. The Morgan fingerprint density at radius 3 is 2.33 bits per heavy atom. The van der Waals surface area contributed by atoms with E-state index in [1.54, 1.807) is 0 Å². The molecular weight excluding hydrogens is 340 g/mol. The first-order valence-electron chi connectivity index (χ1n) is 7.46. The van der Waals surface area contributed by atoms with Gasteiger partial charge in [0, 0.05) is 32.2 Å². The highest BCUT2D eigenvalue weighted by Gasteiger charge is 2.33. The smallest absolute Gasteiger partial charge is 0.249 e. The molecule has 3 rings (SSSR count). The van der Waals surface area contributed by atoms with Gasteiger partial charge in [-0.05, 0) is 19.1 Å². The van der Waals surface area contributed by atoms with Crippen molar-refractivity contribution < 1.29 is 21.7 Å². The van der Waals surface area contributed by atoms with E-state index in [1.807, 2.05) is 17.9 Å². The van der Waals surface area contributed by atoms with Gasteiger partial charge < -0.3 is 4.52 Å². The summed E-state index contributed by atoms with van der Waals surface area (Å²) in [7, 11) is -4.19. The number of hydrogen-bond acceptors (Lipinski definition) is 5. The van der Waals surface area contributed by atoms with Crippen molar-refractivity contribution in [1.29, 1.82) is 0 Å². The molecule has 0 amide bonds. The fourth-order valence-electron chi connectivity index (χ4n) is 2.70. The van der Waals surface area contributed by atoms with E-state index < -0.39 is 26.6 Å². The van der Waals surface area contributed by atoms with Gasteiger partial charge in [0.2, 0.25) is 10.0 Å². The average molecular weight is 357 g/mol. The maximum Gasteiger partial charge on any atom is 0.249 e. The molecule has 0 aliphatic carbocycles. The number of rotatable bonds is 4. The Morgan fingerprint density at radius 2 is 1.79 bits per heavy atom. The number of benzene rings is 1. The molecule has 0 N–H and O–H groups in total. The summed E-state index contributed by atoms with van der Waals surface area (Å²) in [6, 6.07) is 4.84. The van der Waals surface area contributed by atoms with E-state index in [-0.39, 0.29) is 13.1 Å². The first-order valence-corrected chi connectivity index (χ1v) is 8.90. The second-order valence-electron chi connectivity index (χ2n) is 5.67. The van der Waals surface area contributed by atoms with Crippen LogP contribution in [0.5, 0.6) is 0 Å². The molecule has 0 spiro atoms. The van der Waals surface area contributed by atoms with Crippen LogP contribution in [0.1, 0.15) is 11.5 Å². The lowest BCUT2D eigenvalue weighted by molar-refractivity contribution is 0.165. The summed E-state index contributed by atoms with van der Waals surface area (Å²) in [5, 5.41) is 3.80. The second kappa shape index (κ2) is 6.58. The highest BCUT2D eigenvalue weighted by molar-refractivity contribution is 7.89. The Bertz CT molecular complexity index is 810. The first-order chi connectivity index (χ1) is 11.4. The highest BCUT2D eigenvalue weighted by Crippen LogP contribution is 2.23. The summed E-state index contributed by atoms with van der Waals surface area (Å²) in [6.07, 6.45) is 0. The molecule has 1 aliphatic heterocycles. The van der Waals surface area contributed by atoms with Gasteiger partial charge in [-0.1, -0.05) is 11.2 Å². The molecule has 0 radical (unpaired) electrons. The predicted molar refractivity (Wildman–Crippen MR) is 81.6 cm³/mol. The minimum absolute atomic E-state index is 0.156. The van der Waals surface area contributed by atoms with Gasteiger partial charge in [0.25, 0.3) is 0 Å². The van der Waals surface area contributed by atoms with E-state index in [1.165, 1.54) is 0 Å². The van der Waals surface area contributed by atoms with E-state index in [0.29, 0.717) is 25.4 Å². The molecule has 130 valence electrons. The molecular formula is C15H17F2N3O3S. The number of piperazine rings is 1. The van der Waals surface area contributed by atoms with Crippen LogP contribution in [0, 0.1) is 18.6 Å². The maximum absolute atomic E-state index is 13.8. The zero-order valence-electron chi connectivity index (χ0n) is 13.1. The Morgan fingerprint density at radius 1 is 1.17 bits per heavy atom. The Balaban J connectivity index is 1.69. The quantitative estimate of drug-likeness (QED) is 0.834. The lowest BCUT2D eigenvalue weighted by atomic mass is 10.3. The number of aromatic nitrogens is 1. The van der Waals surface area contributed by atoms with E-state index in [4.69, 9.17) is 4.52 Å². The molecule has 9 heteroatoms. The summed E-state index contributed by atoms with van der Waals surface area (Å²) < 4.78 is 58.8. The minimum atomic E-state index is -4.19. The van der Waals surface area contributed by atoms with Crippen molar-refractivity contribution in [2.45, 2.75) is 18.4 Å². The van der Waals surface area contributed by atoms with Crippen LogP contribution in [0.15, 0.2) is 33.7 Å². The van der Waals surface area contributed by atoms with Crippen LogP contribution >= 0.6 is 0 Å². The number of aryl methyl sites for hydroxylation is 1. The molecule has 1 aromatic heterocycles. The molecule has 1 aromatic carbocycles. The Kier molecular flexibility index (Phi) is 4.66. The molecule has 6 nitrogen and oxygen atoms in total. The third kappa shape index (κ3) is 3.33. The maximum atomic E-state index is 13.8. The summed E-state index contributed by atoms with van der Waals surface area (Å²) in [5.74, 6) is -1.45. The Hall–Kier alpha value is -1.84. The van der Waals surface area contributed by atoms with Gasteiger partial charge in [-0.3, -0.25) is 4.90 Å². The van der Waals surface area contributed by atoms with Crippen LogP contribution in [0.4, 0.5) is 8.78 Å². The van der Waals surface area contributed by atoms with Crippen molar-refractivity contribution in [3.8, 4) is 0 Å². The minimum Gasteiger partial charge on any atom is -0.360 e. The third-order valence-electron chi connectivity index (χ3n) is 3.90. The summed E-state index contributed by atoms with van der Waals surface area (Å²) in [6.45, 7) is 3.53. The van der Waals surface area contributed by atoms with Crippen LogP contribution in [0.25, 0.3) is 0 Å². The van der Waals surface area contributed by atoms with Crippen LogP contribution in [-0.4, -0.2) is 49.0 Å². The van der Waals surface area contributed by atoms with E-state index >= 15 is 0 Å². The van der Waals surface area contributed by atoms with Crippen LogP contribution in [-0.2, 0) is 16.6 Å². The van der Waals surface area contributed by atoms with Crippen molar-refractivity contribution in [3.63, 3.8) is 0 Å². The van der Waals surface area contributed by atoms with Crippen LogP contribution < -0.4 is 0 Å². The zero-order valence-corrected chi connectivity index (χ0v) is 13.9. The van der Waals surface area contributed by atoms with Gasteiger partial charge in [0.05, 0.1) is 12.2 Å². The number of nitrogens with zero attached hydrogens (tertiary/aromatic N) is 3. The summed E-state index contributed by atoms with van der Waals surface area (Å²) >= 11 is 0. The largest absolute Gasteiger partial charge is 0.360 e. The number of halogens is 2. The van der Waals surface area contributed by atoms with E-state index in [2.05, 4.69) is 5.16 Å². The lowest BCUT2D eigenvalue weighted by Crippen LogP contribution is -2.48. The van der Waals surface area contributed by atoms with Gasteiger partial charge >= 0.3 is 0 Å². The average Bonchev–Trinajstić information content (AvgIpc) is 2.92. The van der Waals surface area contributed by atoms with Crippen LogP contribution in [0.2, 0.25) is 0 Å². The van der Waals surface area contributed by atoms with E-state index in [0.717, 1.165) is 28.2 Å². The number of hydrogen-bond donors (Lipinski definition) is 0. The van der Waals surface area contributed by atoms with Crippen molar-refractivity contribution in [2.75, 3.05) is 26.2 Å². The molecule has 24 heavy (non-hydrogen) atoms. The van der Waals surface area contributed by atoms with Crippen molar-refractivity contribution in [3.05, 3.63) is 47.4 Å². The SMILES string of the molecule is Cc1cc(CN2CCN(S(=O)(=O)c3c(F)cccc3F)CC2)on1. The second-order valence-corrected chi connectivity index (χ2v) is 7.54. The fourth-order valence-corrected chi connectivity index (χ4v) is 4.23. The van der Waals surface area contributed by atoms with Crippen molar-refractivity contribution in [2.24, 2.45) is 0 Å². The molecule has 2 heterocycles. The highest BCUT2D eigenvalue weighted by atomic mass is 32.2. The summed E-state index contributed by atoms with van der Waals surface area (Å²) in [5.41, 5.74) is 0.779. The van der Waals surface area contributed by atoms with Gasteiger partial charge in [-0.15, -0.1) is 0 Å². The Labute approximate surface area is 138 Å². The van der Waals surface area contributed by atoms with Crippen molar-refractivity contribution in [1.82, 2.24) is 14.4 Å². The van der Waals surface area contributed by atoms with Gasteiger partial charge in [0.1, 0.15) is 11.6 Å². The van der Waals surface area contributed by atoms with Crippen LogP contribution in [0.3, 0.4) is 0 Å². The molecule has 0 unspecified atom stereocenters. The molecule has 0 bridgehead atoms. The molecule has 0 saturated carbocycles. The van der Waals surface area contributed by atoms with Gasteiger partial charge in [0.15, 0.2) is 10.7 Å². The molecule has 1 saturated heterocycles. The lowest BCUT2D eigenvalue weighted by Gasteiger charge is -2.33. The summed E-state index contributed by atoms with van der Waals surface area (Å²) in [4.78, 5) is 1.12. The standard InChI is InChI=1S/C15H17F2N3O3S/c1-11-9-12(23-18-11)10-19-5-7-20(8-6-19)24(21,22)15-13(16)3-2-4-14(15)17/h2-4,9H,5-8,10H2,1H3. The predicted octanol–water partition coefficient (Wildman–Crippen LogP) is 1.77. The molecule has 1 fully saturated rings. The zero-order chi connectivity index (χ0) is 17.3. The monoisotopic (exact) mass is 357 g/mol. The first kappa shape index (κ1) is 17.0. The van der Waals surface area contributed by atoms with Gasteiger partial charge in [-0.25, -0.2) is 17.2 Å². The van der Waals surface area contributed by atoms with E-state index in [9.17, 15) is 17.2 Å². The molecule has 1 aliphatic rings. The van der Waals surface area contributed by atoms with Crippen molar-refractivity contribution >= 4 is 10.0 Å². The molecule has 2 aromatic rings. The molecule has 0 atom stereocenters. The third-order valence-corrected chi connectivity index (χ3v) is 5.86.